The van der Waals surface area contributed by atoms with E-state index < -0.39 is 0 Å². The van der Waals surface area contributed by atoms with Gasteiger partial charge in [-0.3, -0.25) is 0 Å². The highest BCUT2D eigenvalue weighted by molar-refractivity contribution is 6.32. The fourth-order valence-corrected chi connectivity index (χ4v) is 2.07. The molecule has 0 spiro atoms. The Morgan fingerprint density at radius 2 is 2.20 bits per heavy atom. The normalized spacial score (nSPS) is 25.5. The fourth-order valence-electron chi connectivity index (χ4n) is 1.91. The van der Waals surface area contributed by atoms with Gasteiger partial charge in [-0.05, 0) is 43.9 Å². The van der Waals surface area contributed by atoms with Gasteiger partial charge < -0.3 is 9.84 Å². The molecule has 1 aromatic carbocycles. The van der Waals surface area contributed by atoms with Crippen molar-refractivity contribution in [1.82, 2.24) is 0 Å². The molecule has 0 amide bonds. The van der Waals surface area contributed by atoms with Gasteiger partial charge in [0.05, 0.1) is 11.1 Å². The number of hydrogen-bond acceptors (Lipinski definition) is 2. The second kappa shape index (κ2) is 4.42. The van der Waals surface area contributed by atoms with Gasteiger partial charge in [0, 0.05) is 0 Å². The SMILES string of the molecule is Cc1ccc(Cl)c(OC2CCCC2O)c1. The van der Waals surface area contributed by atoms with Crippen molar-refractivity contribution in [1.29, 1.82) is 0 Å². The maximum atomic E-state index is 9.64. The number of ether oxygens (including phenoxy) is 1. The molecule has 0 radical (unpaired) electrons. The molecular weight excluding hydrogens is 212 g/mol. The Morgan fingerprint density at radius 1 is 1.40 bits per heavy atom. The molecule has 15 heavy (non-hydrogen) atoms. The summed E-state index contributed by atoms with van der Waals surface area (Å²) in [5.74, 6) is 0.683. The van der Waals surface area contributed by atoms with Crippen LogP contribution in [-0.4, -0.2) is 17.3 Å². The lowest BCUT2D eigenvalue weighted by atomic mass is 10.2. The average molecular weight is 227 g/mol. The largest absolute Gasteiger partial charge is 0.486 e. The molecule has 82 valence electrons. The summed E-state index contributed by atoms with van der Waals surface area (Å²) in [5, 5.41) is 10.3. The summed E-state index contributed by atoms with van der Waals surface area (Å²) in [6, 6.07) is 5.68. The zero-order chi connectivity index (χ0) is 10.8. The number of rotatable bonds is 2. The topological polar surface area (TPSA) is 29.5 Å². The molecule has 0 aliphatic heterocycles. The predicted molar refractivity (Wildman–Crippen MR) is 60.5 cm³/mol. The van der Waals surface area contributed by atoms with E-state index in [4.69, 9.17) is 16.3 Å². The van der Waals surface area contributed by atoms with Gasteiger partial charge in [-0.1, -0.05) is 17.7 Å². The first kappa shape index (κ1) is 10.8. The van der Waals surface area contributed by atoms with Crippen LogP contribution in [0.4, 0.5) is 0 Å². The lowest BCUT2D eigenvalue weighted by Gasteiger charge is -2.18. The number of aryl methyl sites for hydroxylation is 1. The van der Waals surface area contributed by atoms with Crippen LogP contribution in [0.1, 0.15) is 24.8 Å². The second-order valence-electron chi connectivity index (χ2n) is 4.09. The van der Waals surface area contributed by atoms with Crippen LogP contribution in [0.2, 0.25) is 5.02 Å². The number of hydrogen-bond donors (Lipinski definition) is 1. The monoisotopic (exact) mass is 226 g/mol. The van der Waals surface area contributed by atoms with Gasteiger partial charge in [-0.15, -0.1) is 0 Å². The third kappa shape index (κ3) is 2.44. The van der Waals surface area contributed by atoms with E-state index in [1.807, 2.05) is 25.1 Å². The van der Waals surface area contributed by atoms with E-state index in [-0.39, 0.29) is 12.2 Å². The molecule has 2 rings (SSSR count). The Balaban J connectivity index is 2.12. The van der Waals surface area contributed by atoms with Gasteiger partial charge in [0.1, 0.15) is 11.9 Å². The average Bonchev–Trinajstić information content (AvgIpc) is 2.58. The molecule has 1 aliphatic rings. The van der Waals surface area contributed by atoms with E-state index in [0.717, 1.165) is 24.8 Å². The first-order valence-electron chi connectivity index (χ1n) is 5.27. The van der Waals surface area contributed by atoms with Gasteiger partial charge in [0.25, 0.3) is 0 Å². The van der Waals surface area contributed by atoms with Crippen molar-refractivity contribution in [3.63, 3.8) is 0 Å². The quantitative estimate of drug-likeness (QED) is 0.840. The Labute approximate surface area is 94.8 Å². The molecule has 3 heteroatoms. The molecule has 0 heterocycles. The summed E-state index contributed by atoms with van der Waals surface area (Å²) in [6.45, 7) is 1.99. The van der Waals surface area contributed by atoms with Gasteiger partial charge in [0.2, 0.25) is 0 Å². The van der Waals surface area contributed by atoms with Crippen LogP contribution < -0.4 is 4.74 Å². The minimum atomic E-state index is -0.346. The molecule has 0 aromatic heterocycles. The van der Waals surface area contributed by atoms with E-state index in [1.165, 1.54) is 0 Å². The summed E-state index contributed by atoms with van der Waals surface area (Å²) in [7, 11) is 0. The van der Waals surface area contributed by atoms with E-state index in [0.29, 0.717) is 10.8 Å². The highest BCUT2D eigenvalue weighted by atomic mass is 35.5. The van der Waals surface area contributed by atoms with E-state index in [9.17, 15) is 5.11 Å². The Hall–Kier alpha value is -0.730. The Bertz CT molecular complexity index is 351. The van der Waals surface area contributed by atoms with Crippen LogP contribution in [-0.2, 0) is 0 Å². The van der Waals surface area contributed by atoms with Crippen molar-refractivity contribution in [2.75, 3.05) is 0 Å². The van der Waals surface area contributed by atoms with Crippen molar-refractivity contribution in [3.05, 3.63) is 28.8 Å². The molecule has 0 bridgehead atoms. The molecular formula is C12H15ClO2. The Kier molecular flexibility index (Phi) is 3.17. The summed E-state index contributed by atoms with van der Waals surface area (Å²) >= 11 is 6.02. The molecule has 0 saturated heterocycles. The number of aliphatic hydroxyl groups is 1. The van der Waals surface area contributed by atoms with Crippen molar-refractivity contribution in [2.24, 2.45) is 0 Å². The third-order valence-corrected chi connectivity index (χ3v) is 3.09. The first-order valence-corrected chi connectivity index (χ1v) is 5.65. The number of aliphatic hydroxyl groups excluding tert-OH is 1. The second-order valence-corrected chi connectivity index (χ2v) is 4.50. The van der Waals surface area contributed by atoms with Crippen LogP contribution in [0, 0.1) is 6.92 Å². The molecule has 2 atom stereocenters. The molecule has 1 aromatic rings. The molecule has 1 saturated carbocycles. The highest BCUT2D eigenvalue weighted by Crippen LogP contribution is 2.30. The van der Waals surface area contributed by atoms with E-state index >= 15 is 0 Å². The number of halogens is 1. The summed E-state index contributed by atoms with van der Waals surface area (Å²) in [4.78, 5) is 0. The van der Waals surface area contributed by atoms with Crippen molar-refractivity contribution < 1.29 is 9.84 Å². The molecule has 2 unspecified atom stereocenters. The minimum absolute atomic E-state index is 0.0932. The van der Waals surface area contributed by atoms with Crippen LogP contribution in [0.25, 0.3) is 0 Å². The maximum absolute atomic E-state index is 9.64. The van der Waals surface area contributed by atoms with Crippen molar-refractivity contribution in [2.45, 2.75) is 38.4 Å². The molecule has 1 fully saturated rings. The van der Waals surface area contributed by atoms with Crippen LogP contribution in [0.3, 0.4) is 0 Å². The molecule has 1 N–H and O–H groups in total. The smallest absolute Gasteiger partial charge is 0.138 e. The molecule has 2 nitrogen and oxygen atoms in total. The Morgan fingerprint density at radius 3 is 2.87 bits per heavy atom. The van der Waals surface area contributed by atoms with E-state index in [2.05, 4.69) is 0 Å². The fraction of sp³-hybridized carbons (Fsp3) is 0.500. The van der Waals surface area contributed by atoms with Crippen LogP contribution >= 0.6 is 11.6 Å². The summed E-state index contributed by atoms with van der Waals surface area (Å²) in [6.07, 6.45) is 2.32. The van der Waals surface area contributed by atoms with E-state index in [1.54, 1.807) is 0 Å². The van der Waals surface area contributed by atoms with Crippen molar-refractivity contribution >= 4 is 11.6 Å². The van der Waals surface area contributed by atoms with Gasteiger partial charge in [-0.25, -0.2) is 0 Å². The zero-order valence-corrected chi connectivity index (χ0v) is 9.50. The van der Waals surface area contributed by atoms with Gasteiger partial charge in [-0.2, -0.15) is 0 Å². The zero-order valence-electron chi connectivity index (χ0n) is 8.74. The summed E-state index contributed by atoms with van der Waals surface area (Å²) < 4.78 is 5.72. The molecule has 1 aliphatic carbocycles. The van der Waals surface area contributed by atoms with Crippen molar-refractivity contribution in [3.8, 4) is 5.75 Å². The lowest BCUT2D eigenvalue weighted by molar-refractivity contribution is 0.0604. The first-order chi connectivity index (χ1) is 7.16. The highest BCUT2D eigenvalue weighted by Gasteiger charge is 2.27. The van der Waals surface area contributed by atoms with Crippen LogP contribution in [0.15, 0.2) is 18.2 Å². The van der Waals surface area contributed by atoms with Gasteiger partial charge in [0.15, 0.2) is 0 Å². The van der Waals surface area contributed by atoms with Crippen LogP contribution in [0.5, 0.6) is 5.75 Å². The predicted octanol–water partition coefficient (Wildman–Crippen LogP) is 2.94. The minimum Gasteiger partial charge on any atom is -0.486 e. The lowest BCUT2D eigenvalue weighted by Crippen LogP contribution is -2.25. The standard InChI is InChI=1S/C12H15ClO2/c1-8-5-6-9(13)12(7-8)15-11-4-2-3-10(11)14/h5-7,10-11,14H,2-4H2,1H3. The third-order valence-electron chi connectivity index (χ3n) is 2.78. The number of benzene rings is 1. The maximum Gasteiger partial charge on any atom is 0.138 e. The summed E-state index contributed by atoms with van der Waals surface area (Å²) in [5.41, 5.74) is 1.11. The van der Waals surface area contributed by atoms with Gasteiger partial charge >= 0.3 is 0 Å².